The maximum atomic E-state index is 14.4. The highest BCUT2D eigenvalue weighted by Gasteiger charge is 2.30. The van der Waals surface area contributed by atoms with Gasteiger partial charge in [0.2, 0.25) is 0 Å². The summed E-state index contributed by atoms with van der Waals surface area (Å²) in [5, 5.41) is 0.891. The number of fused-ring (bicyclic) bond motifs is 1. The number of pyridine rings is 1. The zero-order valence-corrected chi connectivity index (χ0v) is 23.3. The third-order valence-corrected chi connectivity index (χ3v) is 7.05. The maximum Gasteiger partial charge on any atom is 0.410 e. The molecule has 2 aromatic heterocycles. The summed E-state index contributed by atoms with van der Waals surface area (Å²) in [5.74, 6) is 0.257. The molecule has 0 fully saturated rings. The molecular weight excluding hydrogens is 493 g/mol. The molecule has 5 rings (SSSR count). The molecule has 7 heteroatoms. The lowest BCUT2D eigenvalue weighted by atomic mass is 9.97. The third kappa shape index (κ3) is 5.13. The van der Waals surface area contributed by atoms with Crippen LogP contribution in [0.2, 0.25) is 0 Å². The van der Waals surface area contributed by atoms with Crippen molar-refractivity contribution in [3.8, 4) is 22.6 Å². The van der Waals surface area contributed by atoms with Crippen LogP contribution in [0.15, 0.2) is 66.9 Å². The van der Waals surface area contributed by atoms with Gasteiger partial charge in [0.1, 0.15) is 22.8 Å². The van der Waals surface area contributed by atoms with Gasteiger partial charge in [-0.05, 0) is 94.1 Å². The van der Waals surface area contributed by atoms with Crippen molar-refractivity contribution in [3.63, 3.8) is 0 Å². The summed E-state index contributed by atoms with van der Waals surface area (Å²) in [6.45, 7) is 10.2. The first-order valence-corrected chi connectivity index (χ1v) is 13.2. The van der Waals surface area contributed by atoms with Crippen molar-refractivity contribution >= 4 is 22.7 Å². The number of methoxy groups -OCH3 is 1. The minimum absolute atomic E-state index is 0.0566. The number of rotatable bonds is 4. The molecule has 0 aliphatic carbocycles. The number of hydrogen-bond acceptors (Lipinski definition) is 4. The smallest absolute Gasteiger partial charge is 0.410 e. The van der Waals surface area contributed by atoms with Crippen LogP contribution in [0, 0.1) is 12.7 Å². The first-order chi connectivity index (χ1) is 18.6. The molecule has 6 nitrogen and oxygen atoms in total. The second-order valence-corrected chi connectivity index (χ2v) is 11.0. The average molecular weight is 528 g/mol. The topological polar surface area (TPSA) is 56.6 Å². The summed E-state index contributed by atoms with van der Waals surface area (Å²) in [5.41, 5.74) is 5.94. The van der Waals surface area contributed by atoms with Gasteiger partial charge in [0.15, 0.2) is 0 Å². The van der Waals surface area contributed by atoms with Gasteiger partial charge in [-0.15, -0.1) is 0 Å². The van der Waals surface area contributed by atoms with Crippen LogP contribution in [-0.4, -0.2) is 45.8 Å². The molecule has 0 unspecified atom stereocenters. The van der Waals surface area contributed by atoms with Gasteiger partial charge in [0.05, 0.1) is 18.5 Å². The molecule has 0 saturated carbocycles. The molecule has 0 bridgehead atoms. The number of carbonyl (C=O) groups is 1. The van der Waals surface area contributed by atoms with E-state index < -0.39 is 5.60 Å². The molecule has 3 heterocycles. The van der Waals surface area contributed by atoms with E-state index in [1.54, 1.807) is 24.3 Å². The van der Waals surface area contributed by atoms with E-state index in [1.165, 1.54) is 12.1 Å². The van der Waals surface area contributed by atoms with Crippen LogP contribution in [0.25, 0.3) is 33.4 Å². The Morgan fingerprint density at radius 2 is 1.85 bits per heavy atom. The van der Waals surface area contributed by atoms with E-state index in [0.717, 1.165) is 39.1 Å². The van der Waals surface area contributed by atoms with Gasteiger partial charge in [-0.1, -0.05) is 24.3 Å². The molecular formula is C32H34FN3O3. The van der Waals surface area contributed by atoms with Gasteiger partial charge in [-0.25, -0.2) is 14.2 Å². The average Bonchev–Trinajstić information content (AvgIpc) is 3.27. The predicted molar refractivity (Wildman–Crippen MR) is 153 cm³/mol. The Morgan fingerprint density at radius 1 is 1.08 bits per heavy atom. The second-order valence-electron chi connectivity index (χ2n) is 11.0. The van der Waals surface area contributed by atoms with E-state index in [0.29, 0.717) is 24.3 Å². The fourth-order valence-electron chi connectivity index (χ4n) is 5.20. The van der Waals surface area contributed by atoms with Gasteiger partial charge in [0, 0.05) is 29.7 Å². The molecule has 0 radical (unpaired) electrons. The van der Waals surface area contributed by atoms with Crippen molar-refractivity contribution in [2.24, 2.45) is 0 Å². The Labute approximate surface area is 228 Å². The summed E-state index contributed by atoms with van der Waals surface area (Å²) in [7, 11) is 1.59. The molecule has 2 aromatic carbocycles. The highest BCUT2D eigenvalue weighted by molar-refractivity contribution is 5.98. The van der Waals surface area contributed by atoms with Crippen molar-refractivity contribution in [1.82, 2.24) is 14.5 Å². The lowest BCUT2D eigenvalue weighted by Crippen LogP contribution is -2.44. The predicted octanol–water partition coefficient (Wildman–Crippen LogP) is 7.56. The van der Waals surface area contributed by atoms with E-state index in [1.807, 2.05) is 45.9 Å². The largest absolute Gasteiger partial charge is 0.496 e. The fraction of sp³-hybridized carbons (Fsp3) is 0.312. The van der Waals surface area contributed by atoms with E-state index >= 15 is 0 Å². The van der Waals surface area contributed by atoms with Gasteiger partial charge in [-0.3, -0.25) is 4.57 Å². The Morgan fingerprint density at radius 3 is 2.54 bits per heavy atom. The number of aromatic nitrogens is 2. The number of hydrogen-bond donors (Lipinski definition) is 0. The number of aryl methyl sites for hydroxylation is 1. The van der Waals surface area contributed by atoms with E-state index in [2.05, 4.69) is 35.8 Å². The minimum Gasteiger partial charge on any atom is -0.496 e. The number of carbonyl (C=O) groups excluding carboxylic acids is 1. The van der Waals surface area contributed by atoms with Crippen molar-refractivity contribution in [2.75, 3.05) is 13.7 Å². The quantitative estimate of drug-likeness (QED) is 0.275. The molecule has 1 aliphatic heterocycles. The molecule has 39 heavy (non-hydrogen) atoms. The number of para-hydroxylation sites is 1. The van der Waals surface area contributed by atoms with E-state index in [-0.39, 0.29) is 18.0 Å². The summed E-state index contributed by atoms with van der Waals surface area (Å²) in [6.07, 6.45) is 4.19. The lowest BCUT2D eigenvalue weighted by Gasteiger charge is -2.34. The van der Waals surface area contributed by atoms with Crippen molar-refractivity contribution < 1.29 is 18.7 Å². The molecule has 4 aromatic rings. The fourth-order valence-corrected chi connectivity index (χ4v) is 5.20. The summed E-state index contributed by atoms with van der Waals surface area (Å²) in [4.78, 5) is 19.4. The number of nitrogens with zero attached hydrogens (tertiary/aromatic N) is 3. The minimum atomic E-state index is -0.557. The third-order valence-electron chi connectivity index (χ3n) is 7.05. The van der Waals surface area contributed by atoms with Crippen LogP contribution in [0.3, 0.4) is 0 Å². The summed E-state index contributed by atoms with van der Waals surface area (Å²) in [6, 6.07) is 16.7. The normalized spacial score (nSPS) is 15.8. The Bertz CT molecular complexity index is 1580. The van der Waals surface area contributed by atoms with Crippen molar-refractivity contribution in [1.29, 1.82) is 0 Å². The summed E-state index contributed by atoms with van der Waals surface area (Å²) < 4.78 is 27.8. The Hall–Kier alpha value is -4.13. The molecule has 0 saturated heterocycles. The van der Waals surface area contributed by atoms with Gasteiger partial charge in [-0.2, -0.15) is 0 Å². The highest BCUT2D eigenvalue weighted by Crippen LogP contribution is 2.40. The molecule has 0 N–H and O–H groups in total. The zero-order chi connectivity index (χ0) is 27.9. The highest BCUT2D eigenvalue weighted by atomic mass is 19.1. The Kier molecular flexibility index (Phi) is 6.93. The zero-order valence-electron chi connectivity index (χ0n) is 23.3. The van der Waals surface area contributed by atoms with Crippen molar-refractivity contribution in [2.45, 2.75) is 52.7 Å². The van der Waals surface area contributed by atoms with Gasteiger partial charge < -0.3 is 14.4 Å². The molecule has 1 amide bonds. The standard InChI is InChI=1S/C32H34FN3O3/c1-20-9-7-8-10-27(20)36-28(22-14-16-35(21(2)17-22)31(37)39-32(3,4)5)19-26-24(13-15-34-30(26)36)25-18-23(33)11-12-29(25)38-6/h7-15,18-19,21H,16-17H2,1-6H3/t21-/m0/s1. The number of amides is 1. The SMILES string of the molecule is COc1ccc(F)cc1-c1ccnc2c1cc(C1=CCN(C(=O)OC(C)(C)C)[C@@H](C)C1)n2-c1ccccc1C. The monoisotopic (exact) mass is 527 g/mol. The summed E-state index contributed by atoms with van der Waals surface area (Å²) >= 11 is 0. The maximum absolute atomic E-state index is 14.4. The molecule has 1 aliphatic rings. The Balaban J connectivity index is 1.69. The van der Waals surface area contributed by atoms with Crippen LogP contribution < -0.4 is 4.74 Å². The van der Waals surface area contributed by atoms with Crippen LogP contribution in [0.4, 0.5) is 9.18 Å². The molecule has 1 atom stereocenters. The number of benzene rings is 2. The molecule has 202 valence electrons. The van der Waals surface area contributed by atoms with Crippen molar-refractivity contribution in [3.05, 3.63) is 83.9 Å². The number of halogens is 1. The van der Waals surface area contributed by atoms with E-state index in [4.69, 9.17) is 14.5 Å². The lowest BCUT2D eigenvalue weighted by molar-refractivity contribution is 0.0198. The van der Waals surface area contributed by atoms with Gasteiger partial charge in [0.25, 0.3) is 0 Å². The second kappa shape index (κ2) is 10.2. The number of ether oxygens (including phenoxy) is 2. The first-order valence-electron chi connectivity index (χ1n) is 13.2. The van der Waals surface area contributed by atoms with Crippen LogP contribution in [0.1, 0.15) is 45.4 Å². The van der Waals surface area contributed by atoms with Crippen LogP contribution in [-0.2, 0) is 4.74 Å². The molecule has 0 spiro atoms. The van der Waals surface area contributed by atoms with E-state index in [9.17, 15) is 9.18 Å². The van der Waals surface area contributed by atoms with Crippen LogP contribution >= 0.6 is 0 Å². The van der Waals surface area contributed by atoms with Gasteiger partial charge >= 0.3 is 6.09 Å². The van der Waals surface area contributed by atoms with Crippen LogP contribution in [0.5, 0.6) is 5.75 Å². The first kappa shape index (κ1) is 26.5.